The Morgan fingerprint density at radius 2 is 2.09 bits per heavy atom. The minimum absolute atomic E-state index is 0.216. The molecule has 0 aliphatic carbocycles. The molecule has 0 unspecified atom stereocenters. The maximum Gasteiger partial charge on any atom is 0.315 e. The summed E-state index contributed by atoms with van der Waals surface area (Å²) in [5.74, 6) is 1.39. The molecule has 2 rings (SSSR count). The van der Waals surface area contributed by atoms with Gasteiger partial charge in [-0.1, -0.05) is 48.3 Å². The quantitative estimate of drug-likeness (QED) is 0.829. The van der Waals surface area contributed by atoms with Crippen molar-refractivity contribution in [1.82, 2.24) is 20.8 Å². The number of nitrogens with one attached hydrogen (secondary N) is 2. The standard InChI is InChI=1S/C15H18Cl2N4O2/c1-9(2)14-20-13(23-21-14)5-6-18-15(22)19-8-10-3-4-11(16)7-12(10)17/h3-4,7,9H,5-6,8H2,1-2H3,(H2,18,19,22). The van der Waals surface area contributed by atoms with Crippen molar-refractivity contribution in [3.8, 4) is 0 Å². The smallest absolute Gasteiger partial charge is 0.315 e. The van der Waals surface area contributed by atoms with Crippen LogP contribution >= 0.6 is 23.2 Å². The van der Waals surface area contributed by atoms with Gasteiger partial charge in [-0.3, -0.25) is 0 Å². The van der Waals surface area contributed by atoms with Crippen LogP contribution in [-0.4, -0.2) is 22.7 Å². The third-order valence-electron chi connectivity index (χ3n) is 3.08. The van der Waals surface area contributed by atoms with E-state index in [1.807, 2.05) is 13.8 Å². The molecule has 1 aromatic heterocycles. The Morgan fingerprint density at radius 1 is 1.30 bits per heavy atom. The molecular weight excluding hydrogens is 339 g/mol. The molecule has 0 radical (unpaired) electrons. The Morgan fingerprint density at radius 3 is 2.74 bits per heavy atom. The molecule has 124 valence electrons. The van der Waals surface area contributed by atoms with Crippen molar-refractivity contribution in [2.75, 3.05) is 6.54 Å². The molecule has 0 fully saturated rings. The number of carbonyl (C=O) groups is 1. The molecule has 0 aliphatic heterocycles. The molecule has 1 heterocycles. The van der Waals surface area contributed by atoms with E-state index in [4.69, 9.17) is 27.7 Å². The lowest BCUT2D eigenvalue weighted by molar-refractivity contribution is 0.240. The zero-order valence-corrected chi connectivity index (χ0v) is 14.4. The number of hydrogen-bond donors (Lipinski definition) is 2. The van der Waals surface area contributed by atoms with Gasteiger partial charge in [-0.25, -0.2) is 4.79 Å². The normalized spacial score (nSPS) is 10.8. The van der Waals surface area contributed by atoms with Gasteiger partial charge in [-0.05, 0) is 17.7 Å². The van der Waals surface area contributed by atoms with E-state index in [2.05, 4.69) is 20.8 Å². The second-order valence-corrected chi connectivity index (χ2v) is 6.14. The van der Waals surface area contributed by atoms with E-state index in [1.165, 1.54) is 0 Å². The van der Waals surface area contributed by atoms with E-state index in [9.17, 15) is 4.79 Å². The first-order chi connectivity index (χ1) is 11.0. The molecule has 0 bridgehead atoms. The first kappa shape index (κ1) is 17.6. The lowest BCUT2D eigenvalue weighted by Gasteiger charge is -2.08. The molecule has 2 amide bonds. The second kappa shape index (κ2) is 8.17. The summed E-state index contributed by atoms with van der Waals surface area (Å²) in [4.78, 5) is 16.0. The highest BCUT2D eigenvalue weighted by molar-refractivity contribution is 6.35. The number of hydrogen-bond acceptors (Lipinski definition) is 4. The molecule has 23 heavy (non-hydrogen) atoms. The van der Waals surface area contributed by atoms with Gasteiger partial charge in [0.05, 0.1) is 0 Å². The summed E-state index contributed by atoms with van der Waals surface area (Å²) < 4.78 is 5.10. The largest absolute Gasteiger partial charge is 0.339 e. The highest BCUT2D eigenvalue weighted by Crippen LogP contribution is 2.20. The van der Waals surface area contributed by atoms with Crippen molar-refractivity contribution >= 4 is 29.2 Å². The van der Waals surface area contributed by atoms with Crippen LogP contribution in [0.25, 0.3) is 0 Å². The van der Waals surface area contributed by atoms with Crippen molar-refractivity contribution in [3.05, 3.63) is 45.5 Å². The summed E-state index contributed by atoms with van der Waals surface area (Å²) in [5.41, 5.74) is 0.796. The SMILES string of the molecule is CC(C)c1noc(CCNC(=O)NCc2ccc(Cl)cc2Cl)n1. The van der Waals surface area contributed by atoms with Gasteiger partial charge in [0, 0.05) is 35.5 Å². The fourth-order valence-corrected chi connectivity index (χ4v) is 2.27. The summed E-state index contributed by atoms with van der Waals surface area (Å²) in [5, 5.41) is 10.4. The molecule has 6 nitrogen and oxygen atoms in total. The minimum Gasteiger partial charge on any atom is -0.339 e. The molecular formula is C15H18Cl2N4O2. The summed E-state index contributed by atoms with van der Waals surface area (Å²) in [7, 11) is 0. The number of aromatic nitrogens is 2. The van der Waals surface area contributed by atoms with Gasteiger partial charge in [0.2, 0.25) is 5.89 Å². The van der Waals surface area contributed by atoms with E-state index in [0.717, 1.165) is 5.56 Å². The number of urea groups is 1. The van der Waals surface area contributed by atoms with Crippen molar-refractivity contribution in [2.24, 2.45) is 0 Å². The molecule has 0 aliphatic rings. The number of carbonyl (C=O) groups excluding carboxylic acids is 1. The molecule has 2 aromatic rings. The first-order valence-corrected chi connectivity index (χ1v) is 7.99. The van der Waals surface area contributed by atoms with Gasteiger partial charge in [-0.15, -0.1) is 0 Å². The highest BCUT2D eigenvalue weighted by atomic mass is 35.5. The Labute approximate surface area is 144 Å². The van der Waals surface area contributed by atoms with Gasteiger partial charge in [0.15, 0.2) is 5.82 Å². The molecule has 1 aromatic carbocycles. The van der Waals surface area contributed by atoms with Crippen LogP contribution < -0.4 is 10.6 Å². The number of nitrogens with zero attached hydrogens (tertiary/aromatic N) is 2. The molecule has 0 saturated heterocycles. The highest BCUT2D eigenvalue weighted by Gasteiger charge is 2.10. The third-order valence-corrected chi connectivity index (χ3v) is 3.67. The average Bonchev–Trinajstić information content (AvgIpc) is 2.95. The van der Waals surface area contributed by atoms with E-state index in [1.54, 1.807) is 18.2 Å². The van der Waals surface area contributed by atoms with Gasteiger partial charge in [0.25, 0.3) is 0 Å². The number of benzene rings is 1. The van der Waals surface area contributed by atoms with Crippen LogP contribution in [0.3, 0.4) is 0 Å². The van der Waals surface area contributed by atoms with Gasteiger partial charge in [0.1, 0.15) is 0 Å². The van der Waals surface area contributed by atoms with E-state index in [0.29, 0.717) is 41.3 Å². The summed E-state index contributed by atoms with van der Waals surface area (Å²) in [6.45, 7) is 4.70. The Bertz CT molecular complexity index is 673. The van der Waals surface area contributed by atoms with Crippen molar-refractivity contribution in [2.45, 2.75) is 32.7 Å². The predicted octanol–water partition coefficient (Wildman–Crippen LogP) is 3.54. The van der Waals surface area contributed by atoms with Crippen LogP contribution in [0.5, 0.6) is 0 Å². The maximum absolute atomic E-state index is 11.7. The zero-order valence-electron chi connectivity index (χ0n) is 12.9. The van der Waals surface area contributed by atoms with Gasteiger partial charge in [-0.2, -0.15) is 4.98 Å². The van der Waals surface area contributed by atoms with E-state index >= 15 is 0 Å². The third kappa shape index (κ3) is 5.41. The Kier molecular flexibility index (Phi) is 6.24. The van der Waals surface area contributed by atoms with Crippen molar-refractivity contribution in [3.63, 3.8) is 0 Å². The van der Waals surface area contributed by atoms with E-state index in [-0.39, 0.29) is 11.9 Å². The minimum atomic E-state index is -0.292. The van der Waals surface area contributed by atoms with Crippen LogP contribution in [0.15, 0.2) is 22.7 Å². The molecule has 0 atom stereocenters. The van der Waals surface area contributed by atoms with Crippen LogP contribution in [0.4, 0.5) is 4.79 Å². The van der Waals surface area contributed by atoms with Crippen LogP contribution in [0.1, 0.15) is 37.0 Å². The number of halogens is 2. The van der Waals surface area contributed by atoms with Crippen LogP contribution in [0, 0.1) is 0 Å². The van der Waals surface area contributed by atoms with Crippen LogP contribution in [0.2, 0.25) is 10.0 Å². The van der Waals surface area contributed by atoms with E-state index < -0.39 is 0 Å². The Balaban J connectivity index is 1.72. The van der Waals surface area contributed by atoms with Gasteiger partial charge >= 0.3 is 6.03 Å². The van der Waals surface area contributed by atoms with Crippen molar-refractivity contribution in [1.29, 1.82) is 0 Å². The maximum atomic E-state index is 11.7. The number of rotatable bonds is 6. The fourth-order valence-electron chi connectivity index (χ4n) is 1.79. The predicted molar refractivity (Wildman–Crippen MR) is 88.8 cm³/mol. The summed E-state index contributed by atoms with van der Waals surface area (Å²) in [6, 6.07) is 4.85. The Hall–Kier alpha value is -1.79. The van der Waals surface area contributed by atoms with Gasteiger partial charge < -0.3 is 15.2 Å². The number of amides is 2. The summed E-state index contributed by atoms with van der Waals surface area (Å²) in [6.07, 6.45) is 0.481. The fraction of sp³-hybridized carbons (Fsp3) is 0.400. The van der Waals surface area contributed by atoms with Crippen LogP contribution in [-0.2, 0) is 13.0 Å². The molecule has 2 N–H and O–H groups in total. The average molecular weight is 357 g/mol. The molecule has 8 heteroatoms. The van der Waals surface area contributed by atoms with Crippen molar-refractivity contribution < 1.29 is 9.32 Å². The zero-order chi connectivity index (χ0) is 16.8. The second-order valence-electron chi connectivity index (χ2n) is 5.30. The lowest BCUT2D eigenvalue weighted by Crippen LogP contribution is -2.36. The summed E-state index contributed by atoms with van der Waals surface area (Å²) >= 11 is 11.9. The topological polar surface area (TPSA) is 80.0 Å². The lowest BCUT2D eigenvalue weighted by atomic mass is 10.2. The first-order valence-electron chi connectivity index (χ1n) is 7.24. The molecule has 0 spiro atoms. The monoisotopic (exact) mass is 356 g/mol. The molecule has 0 saturated carbocycles.